The lowest BCUT2D eigenvalue weighted by Gasteiger charge is -2.47. The number of ether oxygens (including phenoxy) is 1. The third kappa shape index (κ3) is 4.08. The summed E-state index contributed by atoms with van der Waals surface area (Å²) in [7, 11) is 0. The number of aliphatic carboxylic acids is 1. The summed E-state index contributed by atoms with van der Waals surface area (Å²) in [6.45, 7) is 0.145. The zero-order chi connectivity index (χ0) is 17.0. The summed E-state index contributed by atoms with van der Waals surface area (Å²) in [5.74, 6) is -0.146. The van der Waals surface area contributed by atoms with Crippen LogP contribution in [-0.2, 0) is 16.1 Å². The Morgan fingerprint density at radius 3 is 2.38 bits per heavy atom. The van der Waals surface area contributed by atoms with Crippen molar-refractivity contribution in [3.05, 3.63) is 35.9 Å². The molecule has 0 radical (unpaired) electrons. The number of benzene rings is 1. The van der Waals surface area contributed by atoms with E-state index >= 15 is 0 Å². The van der Waals surface area contributed by atoms with Crippen LogP contribution in [0.4, 0.5) is 4.79 Å². The van der Waals surface area contributed by atoms with Crippen molar-refractivity contribution < 1.29 is 19.4 Å². The van der Waals surface area contributed by atoms with E-state index in [1.807, 2.05) is 30.3 Å². The minimum atomic E-state index is -0.978. The van der Waals surface area contributed by atoms with Gasteiger partial charge in [0.25, 0.3) is 0 Å². The lowest BCUT2D eigenvalue weighted by Crippen LogP contribution is -2.46. The molecule has 1 aromatic rings. The van der Waals surface area contributed by atoms with Gasteiger partial charge < -0.3 is 15.2 Å². The highest BCUT2D eigenvalue weighted by atomic mass is 16.5. The van der Waals surface area contributed by atoms with Crippen LogP contribution in [-0.4, -0.2) is 23.2 Å². The van der Waals surface area contributed by atoms with E-state index in [9.17, 15) is 14.7 Å². The first-order valence-corrected chi connectivity index (χ1v) is 8.76. The standard InChI is InChI=1S/C19H25NO4/c21-17(22)16(12-19-9-6-14(7-10-19)8-11-19)20-18(23)24-13-15-4-2-1-3-5-15/h1-5,14,16H,6-13H2,(H,20,23)(H,21,22)/t14?,16-,19?/m1/s1. The third-order valence-corrected chi connectivity index (χ3v) is 5.69. The Morgan fingerprint density at radius 2 is 1.79 bits per heavy atom. The summed E-state index contributed by atoms with van der Waals surface area (Å²) < 4.78 is 5.16. The van der Waals surface area contributed by atoms with Crippen LogP contribution in [0.15, 0.2) is 30.3 Å². The first-order valence-electron chi connectivity index (χ1n) is 8.76. The molecule has 0 aliphatic heterocycles. The topological polar surface area (TPSA) is 75.6 Å². The monoisotopic (exact) mass is 331 g/mol. The number of carbonyl (C=O) groups is 2. The highest BCUT2D eigenvalue weighted by Crippen LogP contribution is 2.52. The van der Waals surface area contributed by atoms with Crippen molar-refractivity contribution in [2.45, 2.75) is 57.6 Å². The Hall–Kier alpha value is -2.04. The van der Waals surface area contributed by atoms with Gasteiger partial charge in [0.05, 0.1) is 0 Å². The molecule has 3 aliphatic carbocycles. The Bertz CT molecular complexity index is 565. The zero-order valence-corrected chi connectivity index (χ0v) is 13.9. The van der Waals surface area contributed by atoms with Gasteiger partial charge in [-0.3, -0.25) is 0 Å². The second kappa shape index (κ2) is 7.24. The van der Waals surface area contributed by atoms with Crippen molar-refractivity contribution in [3.8, 4) is 0 Å². The molecule has 130 valence electrons. The predicted octanol–water partition coefficient (Wildman–Crippen LogP) is 3.73. The molecule has 0 aromatic heterocycles. The second-order valence-electron chi connectivity index (χ2n) is 7.28. The lowest BCUT2D eigenvalue weighted by atomic mass is 9.58. The van der Waals surface area contributed by atoms with Crippen molar-refractivity contribution in [1.82, 2.24) is 5.32 Å². The van der Waals surface area contributed by atoms with Gasteiger partial charge >= 0.3 is 12.1 Å². The van der Waals surface area contributed by atoms with Crippen molar-refractivity contribution >= 4 is 12.1 Å². The van der Waals surface area contributed by atoms with Gasteiger partial charge in [0.2, 0.25) is 0 Å². The van der Waals surface area contributed by atoms with E-state index in [0.717, 1.165) is 30.7 Å². The Morgan fingerprint density at radius 1 is 1.17 bits per heavy atom. The average molecular weight is 331 g/mol. The number of hydrogen-bond acceptors (Lipinski definition) is 3. The van der Waals surface area contributed by atoms with Gasteiger partial charge in [-0.25, -0.2) is 9.59 Å². The summed E-state index contributed by atoms with van der Waals surface area (Å²) >= 11 is 0. The maximum absolute atomic E-state index is 12.0. The van der Waals surface area contributed by atoms with Gasteiger partial charge in [-0.05, 0) is 61.8 Å². The maximum atomic E-state index is 12.0. The smallest absolute Gasteiger partial charge is 0.408 e. The minimum absolute atomic E-state index is 0.0878. The summed E-state index contributed by atoms with van der Waals surface area (Å²) in [6.07, 6.45) is 6.70. The third-order valence-electron chi connectivity index (χ3n) is 5.69. The van der Waals surface area contributed by atoms with Crippen molar-refractivity contribution in [2.75, 3.05) is 0 Å². The van der Waals surface area contributed by atoms with Crippen LogP contribution in [0, 0.1) is 11.3 Å². The maximum Gasteiger partial charge on any atom is 0.408 e. The largest absolute Gasteiger partial charge is 0.480 e. The molecule has 3 saturated carbocycles. The molecular weight excluding hydrogens is 306 g/mol. The number of amides is 1. The number of fused-ring (bicyclic) bond motifs is 3. The number of rotatable bonds is 6. The van der Waals surface area contributed by atoms with E-state index in [0.29, 0.717) is 6.42 Å². The molecule has 0 spiro atoms. The van der Waals surface area contributed by atoms with Crippen LogP contribution in [0.5, 0.6) is 0 Å². The molecule has 1 aromatic carbocycles. The van der Waals surface area contributed by atoms with E-state index in [2.05, 4.69) is 5.32 Å². The molecule has 2 N–H and O–H groups in total. The van der Waals surface area contributed by atoms with Crippen LogP contribution in [0.2, 0.25) is 0 Å². The van der Waals surface area contributed by atoms with E-state index < -0.39 is 18.1 Å². The number of carbonyl (C=O) groups excluding carboxylic acids is 1. The minimum Gasteiger partial charge on any atom is -0.480 e. The molecular formula is C19H25NO4. The van der Waals surface area contributed by atoms with Crippen LogP contribution >= 0.6 is 0 Å². The Balaban J connectivity index is 1.53. The number of nitrogens with one attached hydrogen (secondary N) is 1. The van der Waals surface area contributed by atoms with Gasteiger partial charge in [0.15, 0.2) is 0 Å². The average Bonchev–Trinajstić information content (AvgIpc) is 2.61. The first kappa shape index (κ1) is 16.8. The predicted molar refractivity (Wildman–Crippen MR) is 89.4 cm³/mol. The fourth-order valence-corrected chi connectivity index (χ4v) is 4.19. The Kier molecular flexibility index (Phi) is 5.07. The molecule has 1 amide bonds. The lowest BCUT2D eigenvalue weighted by molar-refractivity contribution is -0.141. The van der Waals surface area contributed by atoms with E-state index in [4.69, 9.17) is 4.74 Å². The van der Waals surface area contributed by atoms with Gasteiger partial charge in [-0.2, -0.15) is 0 Å². The van der Waals surface area contributed by atoms with Crippen molar-refractivity contribution in [3.63, 3.8) is 0 Å². The summed E-state index contributed by atoms with van der Waals surface area (Å²) in [5.41, 5.74) is 0.966. The van der Waals surface area contributed by atoms with Crippen molar-refractivity contribution in [1.29, 1.82) is 0 Å². The van der Waals surface area contributed by atoms with Crippen molar-refractivity contribution in [2.24, 2.45) is 11.3 Å². The summed E-state index contributed by atoms with van der Waals surface area (Å²) in [4.78, 5) is 23.6. The fraction of sp³-hybridized carbons (Fsp3) is 0.579. The van der Waals surface area contributed by atoms with Gasteiger partial charge in [-0.15, -0.1) is 0 Å². The van der Waals surface area contributed by atoms with E-state index in [-0.39, 0.29) is 12.0 Å². The van der Waals surface area contributed by atoms with E-state index in [1.54, 1.807) is 0 Å². The summed E-state index contributed by atoms with van der Waals surface area (Å²) in [6, 6.07) is 8.48. The molecule has 0 saturated heterocycles. The molecule has 0 unspecified atom stereocenters. The zero-order valence-electron chi connectivity index (χ0n) is 13.9. The molecule has 3 fully saturated rings. The number of alkyl carbamates (subject to hydrolysis) is 1. The quantitative estimate of drug-likeness (QED) is 0.833. The molecule has 0 heterocycles. The molecule has 5 nitrogen and oxygen atoms in total. The molecule has 2 bridgehead atoms. The normalized spacial score (nSPS) is 26.6. The molecule has 5 heteroatoms. The van der Waals surface area contributed by atoms with E-state index in [1.165, 1.54) is 19.3 Å². The molecule has 3 aliphatic rings. The van der Waals surface area contributed by atoms with Crippen LogP contribution in [0.25, 0.3) is 0 Å². The van der Waals surface area contributed by atoms with Gasteiger partial charge in [0, 0.05) is 0 Å². The first-order chi connectivity index (χ1) is 11.6. The van der Waals surface area contributed by atoms with Gasteiger partial charge in [0.1, 0.15) is 12.6 Å². The van der Waals surface area contributed by atoms with Crippen LogP contribution in [0.1, 0.15) is 50.5 Å². The van der Waals surface area contributed by atoms with Gasteiger partial charge in [-0.1, -0.05) is 30.3 Å². The fourth-order valence-electron chi connectivity index (χ4n) is 4.19. The highest BCUT2D eigenvalue weighted by Gasteiger charge is 2.43. The summed E-state index contributed by atoms with van der Waals surface area (Å²) in [5, 5.41) is 12.0. The molecule has 1 atom stereocenters. The number of carboxylic acids is 1. The molecule has 24 heavy (non-hydrogen) atoms. The molecule has 4 rings (SSSR count). The second-order valence-corrected chi connectivity index (χ2v) is 7.28. The van der Waals surface area contributed by atoms with Crippen LogP contribution < -0.4 is 5.32 Å². The SMILES string of the molecule is O=C(N[C@H](CC12CCC(CC1)CC2)C(=O)O)OCc1ccccc1. The highest BCUT2D eigenvalue weighted by molar-refractivity contribution is 5.79. The number of hydrogen-bond donors (Lipinski definition) is 2. The Labute approximate surface area is 142 Å². The number of carboxylic acid groups (broad SMARTS) is 1. The van der Waals surface area contributed by atoms with Crippen LogP contribution in [0.3, 0.4) is 0 Å².